The molecule has 31 heavy (non-hydrogen) atoms. The van der Waals surface area contributed by atoms with E-state index in [0.29, 0.717) is 29.4 Å². The summed E-state index contributed by atoms with van der Waals surface area (Å²) in [6, 6.07) is 24.2. The average molecular weight is 417 g/mol. The molecule has 158 valence electrons. The summed E-state index contributed by atoms with van der Waals surface area (Å²) in [6.07, 6.45) is 2.56. The largest absolute Gasteiger partial charge is 0.487 e. The molecule has 3 aromatic carbocycles. The van der Waals surface area contributed by atoms with Gasteiger partial charge in [0.2, 0.25) is 0 Å². The Kier molecular flexibility index (Phi) is 7.83. The Labute approximate surface area is 181 Å². The second-order valence-electron chi connectivity index (χ2n) is 6.40. The van der Waals surface area contributed by atoms with E-state index >= 15 is 0 Å². The maximum absolute atomic E-state index is 10.8. The lowest BCUT2D eigenvalue weighted by molar-refractivity contribution is -0.131. The molecule has 6 nitrogen and oxygen atoms in total. The van der Waals surface area contributed by atoms with Crippen molar-refractivity contribution in [2.45, 2.75) is 6.92 Å². The van der Waals surface area contributed by atoms with E-state index in [2.05, 4.69) is 5.16 Å². The molecule has 0 aromatic heterocycles. The van der Waals surface area contributed by atoms with Crippen LogP contribution >= 0.6 is 0 Å². The average Bonchev–Trinajstić information content (AvgIpc) is 2.79. The van der Waals surface area contributed by atoms with Crippen molar-refractivity contribution in [1.29, 1.82) is 0 Å². The molecule has 3 aromatic rings. The Morgan fingerprint density at radius 2 is 1.71 bits per heavy atom. The molecule has 0 fully saturated rings. The van der Waals surface area contributed by atoms with E-state index < -0.39 is 5.97 Å². The van der Waals surface area contributed by atoms with Crippen LogP contribution in [0, 0.1) is 0 Å². The molecule has 0 atom stereocenters. The summed E-state index contributed by atoms with van der Waals surface area (Å²) in [4.78, 5) is 16.1. The second kappa shape index (κ2) is 11.2. The highest BCUT2D eigenvalue weighted by molar-refractivity contribution is 6.01. The fourth-order valence-electron chi connectivity index (χ4n) is 2.73. The van der Waals surface area contributed by atoms with Gasteiger partial charge >= 0.3 is 5.97 Å². The number of hydrogen-bond acceptors (Lipinski definition) is 5. The molecule has 0 saturated heterocycles. The zero-order chi connectivity index (χ0) is 21.9. The molecule has 0 heterocycles. The van der Waals surface area contributed by atoms with E-state index in [1.807, 2.05) is 73.7 Å². The van der Waals surface area contributed by atoms with Gasteiger partial charge in [-0.3, -0.25) is 0 Å². The summed E-state index contributed by atoms with van der Waals surface area (Å²) in [5.74, 6) is 0.917. The van der Waals surface area contributed by atoms with Crippen molar-refractivity contribution < 1.29 is 24.2 Å². The molecule has 0 spiro atoms. The molecular weight excluding hydrogens is 394 g/mol. The Bertz CT molecular complexity index is 1060. The maximum Gasteiger partial charge on any atom is 0.328 e. The van der Waals surface area contributed by atoms with Gasteiger partial charge in [-0.1, -0.05) is 53.7 Å². The summed E-state index contributed by atoms with van der Waals surface area (Å²) in [6.45, 7) is 2.40. The van der Waals surface area contributed by atoms with E-state index in [1.54, 1.807) is 12.1 Å². The fraction of sp³-hybridized carbons (Fsp3) is 0.120. The Balaban J connectivity index is 1.79. The number of oxime groups is 1. The summed E-state index contributed by atoms with van der Waals surface area (Å²) in [5.41, 5.74) is 2.03. The molecule has 0 saturated carbocycles. The lowest BCUT2D eigenvalue weighted by atomic mass is 10.1. The number of benzene rings is 3. The smallest absolute Gasteiger partial charge is 0.328 e. The molecule has 0 radical (unpaired) electrons. The minimum Gasteiger partial charge on any atom is -0.487 e. The molecule has 0 aliphatic carbocycles. The van der Waals surface area contributed by atoms with Crippen LogP contribution in [0.5, 0.6) is 17.2 Å². The highest BCUT2D eigenvalue weighted by atomic mass is 16.6. The SMILES string of the molecule is CCO/N=C(\COc1ccccc1C=CC(=O)O)c1cccc(Oc2ccccc2)c1. The van der Waals surface area contributed by atoms with E-state index in [4.69, 9.17) is 19.4 Å². The van der Waals surface area contributed by atoms with E-state index in [-0.39, 0.29) is 6.61 Å². The monoisotopic (exact) mass is 417 g/mol. The number of carbonyl (C=O) groups is 1. The van der Waals surface area contributed by atoms with Crippen molar-refractivity contribution in [3.05, 3.63) is 96.1 Å². The van der Waals surface area contributed by atoms with Crippen molar-refractivity contribution in [3.63, 3.8) is 0 Å². The van der Waals surface area contributed by atoms with Gasteiger partial charge in [0.05, 0.1) is 0 Å². The first-order chi connectivity index (χ1) is 15.2. The zero-order valence-corrected chi connectivity index (χ0v) is 17.1. The van der Waals surface area contributed by atoms with Gasteiger partial charge in [-0.2, -0.15) is 0 Å². The van der Waals surface area contributed by atoms with Gasteiger partial charge in [-0.05, 0) is 43.3 Å². The lowest BCUT2D eigenvalue weighted by Crippen LogP contribution is -2.14. The van der Waals surface area contributed by atoms with E-state index in [9.17, 15) is 4.79 Å². The highest BCUT2D eigenvalue weighted by Crippen LogP contribution is 2.23. The Morgan fingerprint density at radius 3 is 2.48 bits per heavy atom. The number of aliphatic carboxylic acids is 1. The van der Waals surface area contributed by atoms with Crippen LogP contribution < -0.4 is 9.47 Å². The van der Waals surface area contributed by atoms with Crippen LogP contribution in [-0.2, 0) is 9.63 Å². The fourth-order valence-corrected chi connectivity index (χ4v) is 2.73. The van der Waals surface area contributed by atoms with Crippen LogP contribution in [-0.4, -0.2) is 30.0 Å². The van der Waals surface area contributed by atoms with Crippen LogP contribution in [0.15, 0.2) is 90.1 Å². The van der Waals surface area contributed by atoms with Gasteiger partial charge in [0.25, 0.3) is 0 Å². The minimum atomic E-state index is -1.02. The topological polar surface area (TPSA) is 77.4 Å². The van der Waals surface area contributed by atoms with Gasteiger partial charge in [-0.25, -0.2) is 4.79 Å². The molecule has 3 rings (SSSR count). The Morgan fingerprint density at radius 1 is 0.968 bits per heavy atom. The first-order valence-corrected chi connectivity index (χ1v) is 9.80. The van der Waals surface area contributed by atoms with Crippen molar-refractivity contribution in [1.82, 2.24) is 0 Å². The zero-order valence-electron chi connectivity index (χ0n) is 17.1. The number of hydrogen-bond donors (Lipinski definition) is 1. The number of ether oxygens (including phenoxy) is 2. The van der Waals surface area contributed by atoms with Crippen molar-refractivity contribution in [3.8, 4) is 17.2 Å². The molecule has 6 heteroatoms. The van der Waals surface area contributed by atoms with Crippen molar-refractivity contribution >= 4 is 17.8 Å². The molecule has 0 bridgehead atoms. The van der Waals surface area contributed by atoms with Gasteiger partial charge in [0.15, 0.2) is 0 Å². The third-order valence-electron chi connectivity index (χ3n) is 4.14. The van der Waals surface area contributed by atoms with Crippen molar-refractivity contribution in [2.24, 2.45) is 5.16 Å². The first-order valence-electron chi connectivity index (χ1n) is 9.80. The molecule has 0 unspecified atom stereocenters. The molecule has 0 aliphatic rings. The van der Waals surface area contributed by atoms with Gasteiger partial charge in [0.1, 0.15) is 36.2 Å². The first kappa shape index (κ1) is 21.6. The molecule has 0 amide bonds. The third-order valence-corrected chi connectivity index (χ3v) is 4.14. The third kappa shape index (κ3) is 6.75. The summed E-state index contributed by atoms with van der Waals surface area (Å²) in [7, 11) is 0. The van der Waals surface area contributed by atoms with Crippen LogP contribution in [0.1, 0.15) is 18.1 Å². The molecule has 1 N–H and O–H groups in total. The van der Waals surface area contributed by atoms with Gasteiger partial charge in [0, 0.05) is 17.2 Å². The lowest BCUT2D eigenvalue weighted by Gasteiger charge is -2.12. The van der Waals surface area contributed by atoms with Crippen LogP contribution in [0.25, 0.3) is 6.08 Å². The number of nitrogens with zero attached hydrogens (tertiary/aromatic N) is 1. The molecular formula is C25H23NO5. The summed E-state index contributed by atoms with van der Waals surface area (Å²) >= 11 is 0. The van der Waals surface area contributed by atoms with Gasteiger partial charge < -0.3 is 19.4 Å². The van der Waals surface area contributed by atoms with Crippen LogP contribution in [0.3, 0.4) is 0 Å². The van der Waals surface area contributed by atoms with Gasteiger partial charge in [-0.15, -0.1) is 0 Å². The predicted octanol–water partition coefficient (Wildman–Crippen LogP) is 5.40. The predicted molar refractivity (Wildman–Crippen MR) is 120 cm³/mol. The summed E-state index contributed by atoms with van der Waals surface area (Å²) < 4.78 is 11.9. The number of carboxylic acids is 1. The number of rotatable bonds is 10. The van der Waals surface area contributed by atoms with Crippen LogP contribution in [0.4, 0.5) is 0 Å². The number of carboxylic acid groups (broad SMARTS) is 1. The maximum atomic E-state index is 10.8. The Hall–Kier alpha value is -4.06. The second-order valence-corrected chi connectivity index (χ2v) is 6.40. The quantitative estimate of drug-likeness (QED) is 0.272. The highest BCUT2D eigenvalue weighted by Gasteiger charge is 2.10. The minimum absolute atomic E-state index is 0.132. The molecule has 0 aliphatic heterocycles. The standard InChI is InChI=1S/C25H23NO5/c1-2-30-26-23(18-29-24-14-7-6-9-19(24)15-16-25(27)28)20-10-8-13-22(17-20)31-21-11-4-3-5-12-21/h3-17H,2,18H2,1H3,(H,27,28)/b16-15?,26-23+. The van der Waals surface area contributed by atoms with E-state index in [1.165, 1.54) is 6.08 Å². The van der Waals surface area contributed by atoms with Crippen molar-refractivity contribution in [2.75, 3.05) is 13.2 Å². The van der Waals surface area contributed by atoms with E-state index in [0.717, 1.165) is 17.4 Å². The normalized spacial score (nSPS) is 11.3. The summed E-state index contributed by atoms with van der Waals surface area (Å²) in [5, 5.41) is 13.1. The number of para-hydroxylation sites is 2. The van der Waals surface area contributed by atoms with Crippen LogP contribution in [0.2, 0.25) is 0 Å².